The van der Waals surface area contributed by atoms with E-state index >= 15 is 0 Å². The molecule has 4 rings (SSSR count). The van der Waals surface area contributed by atoms with E-state index in [2.05, 4.69) is 74.1 Å². The SMILES string of the molecule is CC(C)(C)c1cc(N[n+]2c(C(C)(C)C)ccc3nc(N)[nH]c32)c2ccc(N)nc2n1. The summed E-state index contributed by atoms with van der Waals surface area (Å²) in [7, 11) is 0. The molecule has 0 bridgehead atoms. The largest absolute Gasteiger partial charge is 0.384 e. The Morgan fingerprint density at radius 3 is 2.30 bits per heavy atom. The molecule has 0 spiro atoms. The van der Waals surface area contributed by atoms with Gasteiger partial charge < -0.3 is 11.5 Å². The van der Waals surface area contributed by atoms with Gasteiger partial charge in [-0.3, -0.25) is 0 Å². The van der Waals surface area contributed by atoms with Gasteiger partial charge in [-0.1, -0.05) is 41.5 Å². The molecule has 4 aromatic heterocycles. The summed E-state index contributed by atoms with van der Waals surface area (Å²) < 4.78 is 2.01. The zero-order valence-electron chi connectivity index (χ0n) is 18.3. The Morgan fingerprint density at radius 2 is 1.63 bits per heavy atom. The first-order valence-electron chi connectivity index (χ1n) is 9.99. The summed E-state index contributed by atoms with van der Waals surface area (Å²) in [5.41, 5.74) is 20.3. The van der Waals surface area contributed by atoms with Crippen LogP contribution in [0.15, 0.2) is 30.3 Å². The van der Waals surface area contributed by atoms with Crippen LogP contribution in [0, 0.1) is 0 Å². The normalized spacial score (nSPS) is 12.6. The van der Waals surface area contributed by atoms with Crippen LogP contribution in [-0.4, -0.2) is 19.9 Å². The highest BCUT2D eigenvalue weighted by Crippen LogP contribution is 2.29. The van der Waals surface area contributed by atoms with Crippen LogP contribution in [0.25, 0.3) is 22.2 Å². The number of fused-ring (bicyclic) bond motifs is 2. The minimum atomic E-state index is -0.154. The highest BCUT2D eigenvalue weighted by Gasteiger charge is 2.27. The molecule has 4 heterocycles. The fourth-order valence-electron chi connectivity index (χ4n) is 3.45. The second kappa shape index (κ2) is 6.55. The Bertz CT molecular complexity index is 1260. The maximum Gasteiger partial charge on any atom is 0.332 e. The Labute approximate surface area is 175 Å². The Kier molecular flexibility index (Phi) is 4.34. The summed E-state index contributed by atoms with van der Waals surface area (Å²) >= 11 is 0. The van der Waals surface area contributed by atoms with Crippen molar-refractivity contribution in [2.75, 3.05) is 16.9 Å². The van der Waals surface area contributed by atoms with Crippen LogP contribution in [0.3, 0.4) is 0 Å². The molecule has 156 valence electrons. The second-order valence-electron chi connectivity index (χ2n) is 9.68. The molecule has 30 heavy (non-hydrogen) atoms. The van der Waals surface area contributed by atoms with E-state index in [4.69, 9.17) is 16.5 Å². The van der Waals surface area contributed by atoms with Gasteiger partial charge in [-0.2, -0.15) is 4.98 Å². The number of imidazole rings is 1. The number of hydrogen-bond donors (Lipinski definition) is 4. The van der Waals surface area contributed by atoms with Crippen molar-refractivity contribution < 1.29 is 4.68 Å². The third-order valence-corrected chi connectivity index (χ3v) is 5.06. The number of nitrogens with zero attached hydrogens (tertiary/aromatic N) is 4. The topological polar surface area (TPSA) is 122 Å². The van der Waals surface area contributed by atoms with Crippen molar-refractivity contribution in [3.63, 3.8) is 0 Å². The van der Waals surface area contributed by atoms with Gasteiger partial charge in [0.2, 0.25) is 0 Å². The summed E-state index contributed by atoms with van der Waals surface area (Å²) in [4.78, 5) is 16.8. The lowest BCUT2D eigenvalue weighted by molar-refractivity contribution is -0.629. The van der Waals surface area contributed by atoms with Gasteiger partial charge in [0.05, 0.1) is 11.4 Å². The summed E-state index contributed by atoms with van der Waals surface area (Å²) in [6.45, 7) is 12.9. The minimum absolute atomic E-state index is 0.126. The average molecular weight is 406 g/mol. The fourth-order valence-corrected chi connectivity index (χ4v) is 3.45. The van der Waals surface area contributed by atoms with Crippen molar-refractivity contribution in [3.8, 4) is 0 Å². The molecule has 0 atom stereocenters. The first-order valence-corrected chi connectivity index (χ1v) is 9.99. The molecule has 4 aromatic rings. The summed E-state index contributed by atoms with van der Waals surface area (Å²) in [6, 6.07) is 9.85. The van der Waals surface area contributed by atoms with Gasteiger partial charge in [0, 0.05) is 16.2 Å². The number of rotatable bonds is 2. The lowest BCUT2D eigenvalue weighted by atomic mass is 9.91. The van der Waals surface area contributed by atoms with Crippen molar-refractivity contribution >= 4 is 39.7 Å². The molecule has 0 aromatic carbocycles. The standard InChI is InChI=1S/C22H28N8/c1-21(2,3)15-11-14(12-7-10-17(23)27-18(12)26-15)29-30-16(22(4,5)6)9-8-13-19(30)28-20(24)25-13/h7-11H,1-6H3,(H5,23,24,25,26,27,29)/p+1. The first-order chi connectivity index (χ1) is 13.9. The van der Waals surface area contributed by atoms with Crippen molar-refractivity contribution in [1.29, 1.82) is 0 Å². The van der Waals surface area contributed by atoms with E-state index < -0.39 is 0 Å². The number of aromatic nitrogens is 5. The lowest BCUT2D eigenvalue weighted by Gasteiger charge is -2.22. The van der Waals surface area contributed by atoms with Crippen LogP contribution in [0.2, 0.25) is 0 Å². The number of anilines is 3. The molecule has 0 saturated heterocycles. The maximum atomic E-state index is 5.96. The van der Waals surface area contributed by atoms with E-state index in [-0.39, 0.29) is 10.8 Å². The van der Waals surface area contributed by atoms with Crippen molar-refractivity contribution in [1.82, 2.24) is 19.9 Å². The summed E-state index contributed by atoms with van der Waals surface area (Å²) in [6.07, 6.45) is 0. The molecule has 0 radical (unpaired) electrons. The number of nitrogen functional groups attached to an aromatic ring is 2. The second-order valence-corrected chi connectivity index (χ2v) is 9.68. The molecule has 0 unspecified atom stereocenters. The molecule has 0 fully saturated rings. The predicted octanol–water partition coefficient (Wildman–Crippen LogP) is 3.43. The first kappa shape index (κ1) is 19.9. The number of nitrogens with two attached hydrogens (primary N) is 2. The van der Waals surface area contributed by atoms with Crippen LogP contribution in [0.5, 0.6) is 0 Å². The molecule has 0 amide bonds. The van der Waals surface area contributed by atoms with Crippen LogP contribution in [-0.2, 0) is 10.8 Å². The van der Waals surface area contributed by atoms with Gasteiger partial charge in [-0.05, 0) is 30.3 Å². The predicted molar refractivity (Wildman–Crippen MR) is 121 cm³/mol. The van der Waals surface area contributed by atoms with E-state index in [1.807, 2.05) is 16.8 Å². The Hall–Kier alpha value is -3.42. The zero-order chi connectivity index (χ0) is 21.8. The number of H-pyrrole nitrogens is 1. The van der Waals surface area contributed by atoms with Crippen molar-refractivity contribution in [2.45, 2.75) is 52.4 Å². The zero-order valence-corrected chi connectivity index (χ0v) is 18.3. The lowest BCUT2D eigenvalue weighted by Crippen LogP contribution is -2.50. The van der Waals surface area contributed by atoms with Crippen LogP contribution < -0.4 is 21.6 Å². The van der Waals surface area contributed by atoms with Crippen LogP contribution in [0.1, 0.15) is 52.9 Å². The van der Waals surface area contributed by atoms with Crippen molar-refractivity contribution in [3.05, 3.63) is 41.7 Å². The molecule has 0 aliphatic heterocycles. The van der Waals surface area contributed by atoms with Gasteiger partial charge in [0.15, 0.2) is 11.2 Å². The Morgan fingerprint density at radius 1 is 0.900 bits per heavy atom. The van der Waals surface area contributed by atoms with Gasteiger partial charge in [0.25, 0.3) is 5.95 Å². The van der Waals surface area contributed by atoms with E-state index in [0.29, 0.717) is 17.4 Å². The molecule has 0 saturated carbocycles. The molecule has 6 N–H and O–H groups in total. The number of pyridine rings is 3. The molecule has 8 heteroatoms. The minimum Gasteiger partial charge on any atom is -0.384 e. The maximum absolute atomic E-state index is 5.96. The molecule has 0 aliphatic carbocycles. The smallest absolute Gasteiger partial charge is 0.332 e. The van der Waals surface area contributed by atoms with Gasteiger partial charge >= 0.3 is 5.65 Å². The van der Waals surface area contributed by atoms with Crippen molar-refractivity contribution in [2.24, 2.45) is 0 Å². The van der Waals surface area contributed by atoms with Gasteiger partial charge in [-0.25, -0.2) is 20.4 Å². The monoisotopic (exact) mass is 405 g/mol. The highest BCUT2D eigenvalue weighted by atomic mass is 15.4. The number of nitrogens with one attached hydrogen (secondary N) is 2. The highest BCUT2D eigenvalue weighted by molar-refractivity contribution is 5.89. The molecule has 0 aliphatic rings. The third-order valence-electron chi connectivity index (χ3n) is 5.06. The fraction of sp³-hybridized carbons (Fsp3) is 0.364. The van der Waals surface area contributed by atoms with E-state index in [9.17, 15) is 0 Å². The molecule has 8 nitrogen and oxygen atoms in total. The third kappa shape index (κ3) is 3.49. The molecular weight excluding hydrogens is 376 g/mol. The van der Waals surface area contributed by atoms with E-state index in [1.165, 1.54) is 0 Å². The summed E-state index contributed by atoms with van der Waals surface area (Å²) in [5, 5.41) is 0.883. The van der Waals surface area contributed by atoms with Gasteiger partial charge in [0.1, 0.15) is 11.5 Å². The van der Waals surface area contributed by atoms with Crippen LogP contribution >= 0.6 is 0 Å². The molecular formula is C22H29N8+. The quantitative estimate of drug-likeness (QED) is 0.379. The average Bonchev–Trinajstić information content (AvgIpc) is 3.00. The number of aromatic amines is 1. The van der Waals surface area contributed by atoms with E-state index in [1.54, 1.807) is 6.07 Å². The van der Waals surface area contributed by atoms with Gasteiger partial charge in [-0.15, -0.1) is 4.68 Å². The van der Waals surface area contributed by atoms with Crippen LogP contribution in [0.4, 0.5) is 17.5 Å². The number of hydrogen-bond acceptors (Lipinski definition) is 6. The summed E-state index contributed by atoms with van der Waals surface area (Å²) in [5.74, 6) is 0.814. The Balaban J connectivity index is 2.00. The van der Waals surface area contributed by atoms with E-state index in [0.717, 1.165) is 33.6 Å².